The topological polar surface area (TPSA) is 0 Å². The van der Waals surface area contributed by atoms with E-state index in [9.17, 15) is 0 Å². The Labute approximate surface area is 104 Å². The van der Waals surface area contributed by atoms with E-state index in [2.05, 4.69) is 41.5 Å². The molecule has 0 nitrogen and oxygen atoms in total. The second-order valence-corrected chi connectivity index (χ2v) is 6.39. The third kappa shape index (κ3) is 9.24. The van der Waals surface area contributed by atoms with E-state index >= 15 is 0 Å². The van der Waals surface area contributed by atoms with E-state index < -0.39 is 0 Å². The highest BCUT2D eigenvalue weighted by Crippen LogP contribution is 2.27. The second-order valence-electron chi connectivity index (χ2n) is 6.39. The summed E-state index contributed by atoms with van der Waals surface area (Å²) < 4.78 is 0. The minimum absolute atomic E-state index is 0.791. The minimum Gasteiger partial charge on any atom is -0.0628 e. The van der Waals surface area contributed by atoms with E-state index in [4.69, 9.17) is 0 Å². The summed E-state index contributed by atoms with van der Waals surface area (Å²) in [5, 5.41) is 0. The molecule has 0 rings (SSSR count). The molecule has 0 heteroatoms. The molecular formula is C16H33. The van der Waals surface area contributed by atoms with Crippen molar-refractivity contribution in [1.82, 2.24) is 0 Å². The predicted octanol–water partition coefficient (Wildman–Crippen LogP) is 5.87. The molecule has 0 saturated heterocycles. The molecule has 0 aromatic carbocycles. The first-order valence-corrected chi connectivity index (χ1v) is 7.28. The van der Waals surface area contributed by atoms with Gasteiger partial charge >= 0.3 is 0 Å². The van der Waals surface area contributed by atoms with Crippen molar-refractivity contribution in [3.05, 3.63) is 5.92 Å². The fraction of sp³-hybridized carbons (Fsp3) is 0.938. The Morgan fingerprint density at radius 3 is 1.31 bits per heavy atom. The number of hydrogen-bond donors (Lipinski definition) is 0. The first kappa shape index (κ1) is 16.0. The zero-order valence-electron chi connectivity index (χ0n) is 12.5. The molecule has 0 aromatic rings. The molecule has 0 atom stereocenters. The van der Waals surface area contributed by atoms with E-state index in [1.807, 2.05) is 0 Å². The summed E-state index contributed by atoms with van der Waals surface area (Å²) in [5.41, 5.74) is 0. The molecule has 0 aliphatic heterocycles. The third-order valence-electron chi connectivity index (χ3n) is 3.38. The largest absolute Gasteiger partial charge is 0.0628 e. The molecule has 97 valence electrons. The fourth-order valence-corrected chi connectivity index (χ4v) is 2.18. The summed E-state index contributed by atoms with van der Waals surface area (Å²) >= 11 is 0. The number of rotatable bonds is 9. The lowest BCUT2D eigenvalue weighted by Gasteiger charge is -2.21. The molecule has 0 aromatic heterocycles. The zero-order chi connectivity index (χ0) is 12.6. The van der Waals surface area contributed by atoms with Crippen molar-refractivity contribution in [2.75, 3.05) is 0 Å². The van der Waals surface area contributed by atoms with Crippen LogP contribution in [-0.4, -0.2) is 0 Å². The van der Waals surface area contributed by atoms with Gasteiger partial charge in [0.2, 0.25) is 0 Å². The highest BCUT2D eigenvalue weighted by atomic mass is 14.2. The Kier molecular flexibility index (Phi) is 9.07. The van der Waals surface area contributed by atoms with Crippen molar-refractivity contribution in [3.8, 4) is 0 Å². The standard InChI is InChI=1S/C16H33/c1-13(2)9-7-11-16(15(5)6)12-8-10-14(3)4/h13-15H,7-12H2,1-6H3. The predicted molar refractivity (Wildman–Crippen MR) is 75.5 cm³/mol. The van der Waals surface area contributed by atoms with E-state index in [0.29, 0.717) is 0 Å². The van der Waals surface area contributed by atoms with E-state index in [1.165, 1.54) is 38.5 Å². The van der Waals surface area contributed by atoms with Crippen LogP contribution in [0.15, 0.2) is 0 Å². The van der Waals surface area contributed by atoms with Crippen molar-refractivity contribution in [3.63, 3.8) is 0 Å². The van der Waals surface area contributed by atoms with Crippen molar-refractivity contribution in [1.29, 1.82) is 0 Å². The van der Waals surface area contributed by atoms with Crippen molar-refractivity contribution < 1.29 is 0 Å². The van der Waals surface area contributed by atoms with Gasteiger partial charge in [-0.25, -0.2) is 0 Å². The van der Waals surface area contributed by atoms with Crippen LogP contribution < -0.4 is 0 Å². The Bertz CT molecular complexity index is 130. The quantitative estimate of drug-likeness (QED) is 0.460. The lowest BCUT2D eigenvalue weighted by Crippen LogP contribution is -2.07. The van der Waals surface area contributed by atoms with Crippen molar-refractivity contribution in [2.45, 2.75) is 80.1 Å². The molecule has 0 fully saturated rings. The van der Waals surface area contributed by atoms with E-state index in [-0.39, 0.29) is 0 Å². The lowest BCUT2D eigenvalue weighted by molar-refractivity contribution is 0.459. The Morgan fingerprint density at radius 1 is 0.688 bits per heavy atom. The summed E-state index contributed by atoms with van der Waals surface area (Å²) in [6.45, 7) is 14.0. The van der Waals surface area contributed by atoms with Crippen LogP contribution in [0.5, 0.6) is 0 Å². The third-order valence-corrected chi connectivity index (χ3v) is 3.38. The van der Waals surface area contributed by atoms with Crippen LogP contribution in [0.3, 0.4) is 0 Å². The van der Waals surface area contributed by atoms with Gasteiger partial charge in [-0.1, -0.05) is 67.2 Å². The summed E-state index contributed by atoms with van der Waals surface area (Å²) in [4.78, 5) is 0. The molecule has 0 saturated carbocycles. The van der Waals surface area contributed by atoms with E-state index in [0.717, 1.165) is 17.8 Å². The highest BCUT2D eigenvalue weighted by molar-refractivity contribution is 4.92. The summed E-state index contributed by atoms with van der Waals surface area (Å²) in [7, 11) is 0. The maximum Gasteiger partial charge on any atom is -0.0215 e. The van der Waals surface area contributed by atoms with Crippen LogP contribution in [0, 0.1) is 23.7 Å². The van der Waals surface area contributed by atoms with Gasteiger partial charge in [0.15, 0.2) is 0 Å². The SMILES string of the molecule is CC(C)CCC[C](CCCC(C)C)C(C)C. The molecule has 16 heavy (non-hydrogen) atoms. The molecule has 0 bridgehead atoms. The van der Waals surface area contributed by atoms with Crippen LogP contribution >= 0.6 is 0 Å². The van der Waals surface area contributed by atoms with Crippen LogP contribution in [0.1, 0.15) is 80.1 Å². The van der Waals surface area contributed by atoms with Gasteiger partial charge in [-0.3, -0.25) is 0 Å². The van der Waals surface area contributed by atoms with E-state index in [1.54, 1.807) is 5.92 Å². The fourth-order valence-electron chi connectivity index (χ4n) is 2.18. The molecule has 1 radical (unpaired) electrons. The second kappa shape index (κ2) is 9.07. The van der Waals surface area contributed by atoms with Gasteiger partial charge in [0, 0.05) is 0 Å². The van der Waals surface area contributed by atoms with Gasteiger partial charge in [-0.2, -0.15) is 0 Å². The molecule has 0 amide bonds. The molecule has 0 aliphatic carbocycles. The monoisotopic (exact) mass is 225 g/mol. The average Bonchev–Trinajstić information content (AvgIpc) is 2.14. The molecular weight excluding hydrogens is 192 g/mol. The summed E-state index contributed by atoms with van der Waals surface area (Å²) in [5.74, 6) is 4.33. The van der Waals surface area contributed by atoms with Crippen molar-refractivity contribution >= 4 is 0 Å². The Balaban J connectivity index is 3.71. The van der Waals surface area contributed by atoms with Crippen LogP contribution in [-0.2, 0) is 0 Å². The average molecular weight is 225 g/mol. The maximum atomic E-state index is 2.36. The van der Waals surface area contributed by atoms with Crippen LogP contribution in [0.4, 0.5) is 0 Å². The summed E-state index contributed by atoms with van der Waals surface area (Å²) in [6, 6.07) is 0. The minimum atomic E-state index is 0.791. The maximum absolute atomic E-state index is 2.36. The van der Waals surface area contributed by atoms with Gasteiger partial charge in [0.25, 0.3) is 0 Å². The van der Waals surface area contributed by atoms with Gasteiger partial charge in [0.05, 0.1) is 0 Å². The highest BCUT2D eigenvalue weighted by Gasteiger charge is 2.13. The van der Waals surface area contributed by atoms with Gasteiger partial charge < -0.3 is 0 Å². The lowest BCUT2D eigenvalue weighted by atomic mass is 9.85. The Morgan fingerprint density at radius 2 is 1.06 bits per heavy atom. The molecule has 0 aliphatic rings. The Hall–Kier alpha value is 0. The van der Waals surface area contributed by atoms with Gasteiger partial charge in [-0.15, -0.1) is 0 Å². The first-order valence-electron chi connectivity index (χ1n) is 7.28. The molecule has 0 unspecified atom stereocenters. The summed E-state index contributed by atoms with van der Waals surface area (Å²) in [6.07, 6.45) is 8.31. The van der Waals surface area contributed by atoms with Crippen LogP contribution in [0.2, 0.25) is 0 Å². The smallest absolute Gasteiger partial charge is 0.0215 e. The van der Waals surface area contributed by atoms with Crippen molar-refractivity contribution in [2.24, 2.45) is 17.8 Å². The molecule has 0 N–H and O–H groups in total. The number of hydrogen-bond acceptors (Lipinski definition) is 0. The van der Waals surface area contributed by atoms with Crippen LogP contribution in [0.25, 0.3) is 0 Å². The molecule has 0 heterocycles. The molecule has 0 spiro atoms. The zero-order valence-corrected chi connectivity index (χ0v) is 12.5. The van der Waals surface area contributed by atoms with Gasteiger partial charge in [0.1, 0.15) is 0 Å². The van der Waals surface area contributed by atoms with Gasteiger partial charge in [-0.05, 0) is 36.5 Å². The first-order chi connectivity index (χ1) is 7.43. The normalized spacial score (nSPS) is 12.4.